The summed E-state index contributed by atoms with van der Waals surface area (Å²) in [5.41, 5.74) is 1.68. The number of amides is 2. The Balaban J connectivity index is 1.95. The molecule has 120 valence electrons. The average Bonchev–Trinajstić information content (AvgIpc) is 2.46. The van der Waals surface area contributed by atoms with E-state index in [9.17, 15) is 14.0 Å². The third-order valence-electron chi connectivity index (χ3n) is 3.00. The van der Waals surface area contributed by atoms with Crippen LogP contribution in [0.25, 0.3) is 0 Å². The summed E-state index contributed by atoms with van der Waals surface area (Å²) < 4.78 is 13.0. The Morgan fingerprint density at radius 2 is 1.74 bits per heavy atom. The lowest BCUT2D eigenvalue weighted by Gasteiger charge is -2.09. The summed E-state index contributed by atoms with van der Waals surface area (Å²) in [6.07, 6.45) is -0.388. The van der Waals surface area contributed by atoms with Gasteiger partial charge in [-0.1, -0.05) is 29.3 Å². The molecule has 0 saturated carbocycles. The first-order valence-corrected chi connectivity index (χ1v) is 7.41. The normalized spacial score (nSPS) is 10.3. The molecule has 2 N–H and O–H groups in total. The molecule has 2 rings (SSSR count). The van der Waals surface area contributed by atoms with Crippen LogP contribution in [-0.4, -0.2) is 11.8 Å². The Morgan fingerprint density at radius 3 is 2.43 bits per heavy atom. The van der Waals surface area contributed by atoms with E-state index in [-0.39, 0.29) is 11.4 Å². The van der Waals surface area contributed by atoms with Crippen LogP contribution in [0.15, 0.2) is 36.4 Å². The van der Waals surface area contributed by atoms with E-state index in [0.717, 1.165) is 11.6 Å². The molecule has 4 nitrogen and oxygen atoms in total. The summed E-state index contributed by atoms with van der Waals surface area (Å²) in [5, 5.41) is 5.47. The third-order valence-corrected chi connectivity index (χ3v) is 3.52. The van der Waals surface area contributed by atoms with E-state index in [1.165, 1.54) is 12.1 Å². The van der Waals surface area contributed by atoms with Gasteiger partial charge in [0.2, 0.25) is 11.8 Å². The highest BCUT2D eigenvalue weighted by Gasteiger charge is 2.12. The molecule has 0 aliphatic heterocycles. The number of rotatable bonds is 4. The fourth-order valence-electron chi connectivity index (χ4n) is 1.85. The average molecular weight is 355 g/mol. The molecule has 2 amide bonds. The van der Waals surface area contributed by atoms with Crippen LogP contribution in [0.4, 0.5) is 15.8 Å². The van der Waals surface area contributed by atoms with Crippen LogP contribution < -0.4 is 10.6 Å². The molecule has 0 aliphatic carbocycles. The Morgan fingerprint density at radius 1 is 1.04 bits per heavy atom. The number of nitrogens with one attached hydrogen (secondary N) is 2. The summed E-state index contributed by atoms with van der Waals surface area (Å²) in [5.74, 6) is -1.61. The maximum absolute atomic E-state index is 13.0. The van der Waals surface area contributed by atoms with Gasteiger partial charge in [-0.15, -0.1) is 0 Å². The van der Waals surface area contributed by atoms with Gasteiger partial charge in [0.25, 0.3) is 0 Å². The SMILES string of the molecule is Cc1ccc(Cl)cc1NC(=O)CC(=O)Nc1ccc(F)c(Cl)c1. The molecule has 0 heterocycles. The van der Waals surface area contributed by atoms with Crippen molar-refractivity contribution < 1.29 is 14.0 Å². The molecule has 7 heteroatoms. The summed E-state index contributed by atoms with van der Waals surface area (Å²) in [4.78, 5) is 23.7. The smallest absolute Gasteiger partial charge is 0.233 e. The summed E-state index contributed by atoms with van der Waals surface area (Å²) in [6, 6.07) is 8.84. The van der Waals surface area contributed by atoms with Gasteiger partial charge in [0.1, 0.15) is 12.2 Å². The van der Waals surface area contributed by atoms with Crippen molar-refractivity contribution in [2.75, 3.05) is 10.6 Å². The zero-order valence-corrected chi connectivity index (χ0v) is 13.6. The molecule has 0 spiro atoms. The second-order valence-corrected chi connectivity index (χ2v) is 5.70. The number of hydrogen-bond acceptors (Lipinski definition) is 2. The van der Waals surface area contributed by atoms with Crippen LogP contribution in [0.5, 0.6) is 0 Å². The number of halogens is 3. The molecule has 0 atom stereocenters. The molecular formula is C16H13Cl2FN2O2. The van der Waals surface area contributed by atoms with Crippen LogP contribution >= 0.6 is 23.2 Å². The van der Waals surface area contributed by atoms with Gasteiger partial charge in [0.15, 0.2) is 0 Å². The van der Waals surface area contributed by atoms with E-state index in [1.54, 1.807) is 18.2 Å². The number of carbonyl (C=O) groups is 2. The van der Waals surface area contributed by atoms with Crippen LogP contribution in [0.2, 0.25) is 10.0 Å². The second kappa shape index (κ2) is 7.44. The number of benzene rings is 2. The zero-order chi connectivity index (χ0) is 17.0. The molecule has 0 aliphatic rings. The highest BCUT2D eigenvalue weighted by molar-refractivity contribution is 6.31. The van der Waals surface area contributed by atoms with Crippen molar-refractivity contribution in [1.29, 1.82) is 0 Å². The van der Waals surface area contributed by atoms with Crippen molar-refractivity contribution >= 4 is 46.4 Å². The molecule has 23 heavy (non-hydrogen) atoms. The summed E-state index contributed by atoms with van der Waals surface area (Å²) in [6.45, 7) is 1.81. The van der Waals surface area contributed by atoms with E-state index in [2.05, 4.69) is 10.6 Å². The van der Waals surface area contributed by atoms with E-state index < -0.39 is 17.6 Å². The minimum atomic E-state index is -0.584. The maximum Gasteiger partial charge on any atom is 0.233 e. The Bertz CT molecular complexity index is 766. The van der Waals surface area contributed by atoms with Crippen LogP contribution in [-0.2, 0) is 9.59 Å². The quantitative estimate of drug-likeness (QED) is 0.799. The first-order chi connectivity index (χ1) is 10.8. The lowest BCUT2D eigenvalue weighted by atomic mass is 10.2. The molecule has 0 radical (unpaired) electrons. The summed E-state index contributed by atoms with van der Waals surface area (Å²) >= 11 is 11.5. The fraction of sp³-hybridized carbons (Fsp3) is 0.125. The Labute approximate surface area is 142 Å². The molecule has 2 aromatic rings. The standard InChI is InChI=1S/C16H13Cl2FN2O2/c1-9-2-3-10(17)6-14(9)21-16(23)8-15(22)20-11-4-5-13(19)12(18)7-11/h2-7H,8H2,1H3,(H,20,22)(H,21,23). The van der Waals surface area contributed by atoms with Gasteiger partial charge < -0.3 is 10.6 Å². The monoisotopic (exact) mass is 354 g/mol. The van der Waals surface area contributed by atoms with Gasteiger partial charge in [-0.25, -0.2) is 4.39 Å². The van der Waals surface area contributed by atoms with Gasteiger partial charge >= 0.3 is 0 Å². The van der Waals surface area contributed by atoms with Gasteiger partial charge in [-0.3, -0.25) is 9.59 Å². The maximum atomic E-state index is 13.0. The minimum absolute atomic E-state index is 0.109. The van der Waals surface area contributed by atoms with Crippen molar-refractivity contribution in [2.24, 2.45) is 0 Å². The third kappa shape index (κ3) is 4.94. The van der Waals surface area contributed by atoms with Crippen LogP contribution in [0.3, 0.4) is 0 Å². The Hall–Kier alpha value is -2.11. The highest BCUT2D eigenvalue weighted by atomic mass is 35.5. The lowest BCUT2D eigenvalue weighted by molar-refractivity contribution is -0.123. The number of carbonyl (C=O) groups excluding carboxylic acids is 2. The first kappa shape index (κ1) is 17.2. The number of aryl methyl sites for hydroxylation is 1. The van der Waals surface area contributed by atoms with Gasteiger partial charge in [0.05, 0.1) is 5.02 Å². The predicted molar refractivity (Wildman–Crippen MR) is 89.5 cm³/mol. The van der Waals surface area contributed by atoms with Gasteiger partial charge in [-0.05, 0) is 42.8 Å². The van der Waals surface area contributed by atoms with Gasteiger partial charge in [0, 0.05) is 16.4 Å². The summed E-state index contributed by atoms with van der Waals surface area (Å²) in [7, 11) is 0. The predicted octanol–water partition coefficient (Wildman–Crippen LogP) is 4.41. The van der Waals surface area contributed by atoms with E-state index in [4.69, 9.17) is 23.2 Å². The van der Waals surface area contributed by atoms with Gasteiger partial charge in [-0.2, -0.15) is 0 Å². The first-order valence-electron chi connectivity index (χ1n) is 6.66. The van der Waals surface area contributed by atoms with Crippen molar-refractivity contribution in [3.8, 4) is 0 Å². The molecular weight excluding hydrogens is 342 g/mol. The molecule has 0 unspecified atom stereocenters. The lowest BCUT2D eigenvalue weighted by Crippen LogP contribution is -2.21. The molecule has 0 fully saturated rings. The molecule has 2 aromatic carbocycles. The van der Waals surface area contributed by atoms with Crippen molar-refractivity contribution in [3.05, 3.63) is 57.8 Å². The van der Waals surface area contributed by atoms with Crippen LogP contribution in [0.1, 0.15) is 12.0 Å². The van der Waals surface area contributed by atoms with Crippen molar-refractivity contribution in [2.45, 2.75) is 13.3 Å². The zero-order valence-electron chi connectivity index (χ0n) is 12.1. The van der Waals surface area contributed by atoms with Crippen molar-refractivity contribution in [1.82, 2.24) is 0 Å². The van der Waals surface area contributed by atoms with E-state index >= 15 is 0 Å². The minimum Gasteiger partial charge on any atom is -0.326 e. The van der Waals surface area contributed by atoms with E-state index in [0.29, 0.717) is 16.4 Å². The topological polar surface area (TPSA) is 58.2 Å². The van der Waals surface area contributed by atoms with Crippen LogP contribution in [0, 0.1) is 12.7 Å². The number of anilines is 2. The van der Waals surface area contributed by atoms with Crippen molar-refractivity contribution in [3.63, 3.8) is 0 Å². The largest absolute Gasteiger partial charge is 0.326 e. The Kier molecular flexibility index (Phi) is 5.58. The molecule has 0 bridgehead atoms. The fourth-order valence-corrected chi connectivity index (χ4v) is 2.20. The highest BCUT2D eigenvalue weighted by Crippen LogP contribution is 2.21. The molecule has 0 saturated heterocycles. The molecule has 0 aromatic heterocycles. The van der Waals surface area contributed by atoms with E-state index in [1.807, 2.05) is 6.92 Å². The number of hydrogen-bond donors (Lipinski definition) is 2. The second-order valence-electron chi connectivity index (χ2n) is 4.86.